The summed E-state index contributed by atoms with van der Waals surface area (Å²) in [7, 11) is 0. The second-order valence-corrected chi connectivity index (χ2v) is 4.43. The van der Waals surface area contributed by atoms with Gasteiger partial charge >= 0.3 is 5.97 Å². The number of rotatable bonds is 4. The van der Waals surface area contributed by atoms with Crippen LogP contribution in [0.1, 0.15) is 0 Å². The molecule has 0 amide bonds. The Balaban J connectivity index is 2.04. The third kappa shape index (κ3) is 2.10. The van der Waals surface area contributed by atoms with Crippen LogP contribution in [0.3, 0.4) is 0 Å². The number of aromatic amines is 1. The van der Waals surface area contributed by atoms with Crippen molar-refractivity contribution in [2.45, 2.75) is 0 Å². The zero-order valence-electron chi connectivity index (χ0n) is 10.1. The molecule has 0 spiro atoms. The van der Waals surface area contributed by atoms with Crippen molar-refractivity contribution in [2.24, 2.45) is 0 Å². The first kappa shape index (κ1) is 12.6. The van der Waals surface area contributed by atoms with E-state index in [9.17, 15) is 4.79 Å². The van der Waals surface area contributed by atoms with Gasteiger partial charge in [-0.2, -0.15) is 0 Å². The molecule has 6 nitrogen and oxygen atoms in total. The summed E-state index contributed by atoms with van der Waals surface area (Å²) >= 11 is 6.14. The molecular formula is C13H9ClN2O4. The normalized spacial score (nSPS) is 10.8. The average Bonchev–Trinajstić information content (AvgIpc) is 3.06. The van der Waals surface area contributed by atoms with Gasteiger partial charge in [0.25, 0.3) is 0 Å². The number of hydrogen-bond acceptors (Lipinski definition) is 4. The van der Waals surface area contributed by atoms with Crippen molar-refractivity contribution in [2.75, 3.05) is 6.61 Å². The van der Waals surface area contributed by atoms with E-state index < -0.39 is 12.6 Å². The van der Waals surface area contributed by atoms with Crippen LogP contribution in [-0.4, -0.2) is 27.8 Å². The highest BCUT2D eigenvalue weighted by Gasteiger charge is 2.17. The first-order valence-electron chi connectivity index (χ1n) is 5.73. The second-order valence-electron chi connectivity index (χ2n) is 4.05. The quantitative estimate of drug-likeness (QED) is 0.772. The van der Waals surface area contributed by atoms with Gasteiger partial charge in [-0.3, -0.25) is 0 Å². The van der Waals surface area contributed by atoms with Crippen molar-refractivity contribution in [3.63, 3.8) is 0 Å². The summed E-state index contributed by atoms with van der Waals surface area (Å²) in [5.74, 6) is -0.832. The molecule has 0 radical (unpaired) electrons. The first-order valence-corrected chi connectivity index (χ1v) is 6.11. The Bertz CT molecular complexity index is 764. The maximum Gasteiger partial charge on any atom is 0.341 e. The highest BCUT2D eigenvalue weighted by atomic mass is 35.5. The molecule has 0 unspecified atom stereocenters. The van der Waals surface area contributed by atoms with Crippen LogP contribution in [0.25, 0.3) is 22.4 Å². The molecule has 0 aliphatic heterocycles. The Hall–Kier alpha value is -2.47. The second kappa shape index (κ2) is 4.90. The molecule has 3 rings (SSSR count). The molecule has 0 fully saturated rings. The molecular weight excluding hydrogens is 284 g/mol. The van der Waals surface area contributed by atoms with Gasteiger partial charge in [0.05, 0.1) is 11.1 Å². The number of aliphatic carboxylic acids is 1. The van der Waals surface area contributed by atoms with Crippen LogP contribution in [0, 0.1) is 0 Å². The fourth-order valence-electron chi connectivity index (χ4n) is 1.88. The summed E-state index contributed by atoms with van der Waals surface area (Å²) in [5.41, 5.74) is 1.80. The number of carbonyl (C=O) groups is 1. The predicted molar refractivity (Wildman–Crippen MR) is 71.9 cm³/mol. The third-order valence-corrected chi connectivity index (χ3v) is 3.11. The van der Waals surface area contributed by atoms with Crippen molar-refractivity contribution >= 4 is 28.5 Å². The molecule has 0 saturated carbocycles. The van der Waals surface area contributed by atoms with E-state index in [1.807, 2.05) is 12.1 Å². The van der Waals surface area contributed by atoms with E-state index in [1.165, 1.54) is 0 Å². The monoisotopic (exact) mass is 292 g/mol. The molecule has 3 aromatic rings. The highest BCUT2D eigenvalue weighted by Crippen LogP contribution is 2.37. The van der Waals surface area contributed by atoms with Crippen LogP contribution in [0.4, 0.5) is 0 Å². The van der Waals surface area contributed by atoms with Gasteiger partial charge in [0.2, 0.25) is 0 Å². The van der Waals surface area contributed by atoms with Crippen molar-refractivity contribution in [1.29, 1.82) is 0 Å². The molecule has 2 N–H and O–H groups in total. The van der Waals surface area contributed by atoms with Gasteiger partial charge in [0.15, 0.2) is 12.2 Å². The molecule has 1 aromatic carbocycles. The molecule has 0 bridgehead atoms. The lowest BCUT2D eigenvalue weighted by Gasteiger charge is -2.04. The van der Waals surface area contributed by atoms with Gasteiger partial charge in [-0.25, -0.2) is 4.79 Å². The zero-order chi connectivity index (χ0) is 14.1. The Morgan fingerprint density at radius 3 is 3.00 bits per heavy atom. The minimum Gasteiger partial charge on any atom is -0.480 e. The summed E-state index contributed by atoms with van der Waals surface area (Å²) in [4.78, 5) is 13.5. The van der Waals surface area contributed by atoms with Gasteiger partial charge in [0.1, 0.15) is 16.5 Å². The topological polar surface area (TPSA) is 88.4 Å². The van der Waals surface area contributed by atoms with E-state index in [-0.39, 0.29) is 10.8 Å². The molecule has 7 heteroatoms. The third-order valence-electron chi connectivity index (χ3n) is 2.75. The zero-order valence-corrected chi connectivity index (χ0v) is 10.8. The fourth-order valence-corrected chi connectivity index (χ4v) is 2.13. The maximum atomic E-state index is 10.5. The van der Waals surface area contributed by atoms with E-state index in [4.69, 9.17) is 26.0 Å². The largest absolute Gasteiger partial charge is 0.480 e. The van der Waals surface area contributed by atoms with Gasteiger partial charge < -0.3 is 19.4 Å². The van der Waals surface area contributed by atoms with E-state index in [1.54, 1.807) is 18.3 Å². The van der Waals surface area contributed by atoms with E-state index >= 15 is 0 Å². The van der Waals surface area contributed by atoms with Crippen molar-refractivity contribution in [1.82, 2.24) is 10.1 Å². The van der Waals surface area contributed by atoms with Crippen LogP contribution in [0.5, 0.6) is 5.75 Å². The summed E-state index contributed by atoms with van der Waals surface area (Å²) in [5, 5.41) is 13.5. The van der Waals surface area contributed by atoms with Crippen LogP contribution >= 0.6 is 11.6 Å². The predicted octanol–water partition coefficient (Wildman–Crippen LogP) is 2.94. The van der Waals surface area contributed by atoms with Crippen molar-refractivity contribution in [3.8, 4) is 17.1 Å². The van der Waals surface area contributed by atoms with Crippen LogP contribution < -0.4 is 4.74 Å². The van der Waals surface area contributed by atoms with Crippen LogP contribution in [0.2, 0.25) is 5.02 Å². The number of fused-ring (bicyclic) bond motifs is 1. The standard InChI is InChI=1S/C13H9ClN2O4/c14-11-9(19-6-10(17)18)4-3-7-12(16-20-13(7)11)8-2-1-5-15-8/h1-5,15H,6H2,(H,17,18). The summed E-state index contributed by atoms with van der Waals surface area (Å²) < 4.78 is 10.3. The lowest BCUT2D eigenvalue weighted by Crippen LogP contribution is -2.09. The molecule has 0 aliphatic carbocycles. The summed E-state index contributed by atoms with van der Waals surface area (Å²) in [6, 6.07) is 7.03. The first-order chi connectivity index (χ1) is 9.66. The van der Waals surface area contributed by atoms with E-state index in [0.29, 0.717) is 11.3 Å². The number of ether oxygens (including phenoxy) is 1. The molecule has 20 heavy (non-hydrogen) atoms. The molecule has 102 valence electrons. The Morgan fingerprint density at radius 1 is 1.45 bits per heavy atom. The Labute approximate surface area is 117 Å². The average molecular weight is 293 g/mol. The van der Waals surface area contributed by atoms with Crippen LogP contribution in [-0.2, 0) is 4.79 Å². The summed E-state index contributed by atoms with van der Waals surface area (Å²) in [6.07, 6.45) is 1.78. The smallest absolute Gasteiger partial charge is 0.341 e. The van der Waals surface area contributed by atoms with Crippen molar-refractivity contribution < 1.29 is 19.2 Å². The van der Waals surface area contributed by atoms with Crippen LogP contribution in [0.15, 0.2) is 35.0 Å². The lowest BCUT2D eigenvalue weighted by atomic mass is 10.1. The van der Waals surface area contributed by atoms with Gasteiger partial charge in [0, 0.05) is 6.20 Å². The van der Waals surface area contributed by atoms with Crippen molar-refractivity contribution in [3.05, 3.63) is 35.5 Å². The number of carboxylic acids is 1. The molecule has 0 atom stereocenters. The minimum atomic E-state index is -1.08. The Kier molecular flexibility index (Phi) is 3.08. The maximum absolute atomic E-state index is 10.5. The molecule has 0 saturated heterocycles. The fraction of sp³-hybridized carbons (Fsp3) is 0.0769. The lowest BCUT2D eigenvalue weighted by molar-refractivity contribution is -0.139. The SMILES string of the molecule is O=C(O)COc1ccc2c(-c3ccc[nH]3)noc2c1Cl. The number of aromatic nitrogens is 2. The van der Waals surface area contributed by atoms with E-state index in [2.05, 4.69) is 10.1 Å². The van der Waals surface area contributed by atoms with Gasteiger partial charge in [-0.1, -0.05) is 16.8 Å². The number of nitrogens with one attached hydrogen (secondary N) is 1. The van der Waals surface area contributed by atoms with Gasteiger partial charge in [-0.05, 0) is 24.3 Å². The van der Waals surface area contributed by atoms with E-state index in [0.717, 1.165) is 11.1 Å². The number of H-pyrrole nitrogens is 1. The number of hydrogen-bond donors (Lipinski definition) is 2. The Morgan fingerprint density at radius 2 is 2.30 bits per heavy atom. The number of benzene rings is 1. The molecule has 0 aliphatic rings. The number of carboxylic acid groups (broad SMARTS) is 1. The highest BCUT2D eigenvalue weighted by molar-refractivity contribution is 6.36. The molecule has 2 heterocycles. The number of halogens is 1. The minimum absolute atomic E-state index is 0.203. The molecule has 2 aromatic heterocycles. The van der Waals surface area contributed by atoms with Gasteiger partial charge in [-0.15, -0.1) is 0 Å². The number of nitrogens with zero attached hydrogens (tertiary/aromatic N) is 1. The summed E-state index contributed by atoms with van der Waals surface area (Å²) in [6.45, 7) is -0.469.